The number of halogens is 1. The first-order valence-electron chi connectivity index (χ1n) is 7.68. The second kappa shape index (κ2) is 7.34. The Morgan fingerprint density at radius 3 is 2.70 bits per heavy atom. The summed E-state index contributed by atoms with van der Waals surface area (Å²) in [5, 5.41) is 9.72. The zero-order chi connectivity index (χ0) is 16.2. The summed E-state index contributed by atoms with van der Waals surface area (Å²) in [4.78, 5) is 4.60. The molecule has 1 aliphatic heterocycles. The Morgan fingerprint density at radius 1 is 1.22 bits per heavy atom. The van der Waals surface area contributed by atoms with Gasteiger partial charge in [-0.25, -0.2) is 0 Å². The fraction of sp³-hybridized carbons (Fsp3) is 0.333. The highest BCUT2D eigenvalue weighted by Crippen LogP contribution is 2.25. The number of benzene rings is 2. The van der Waals surface area contributed by atoms with Crippen LogP contribution in [0.4, 0.5) is 5.69 Å². The van der Waals surface area contributed by atoms with E-state index in [4.69, 9.17) is 4.74 Å². The van der Waals surface area contributed by atoms with E-state index in [9.17, 15) is 5.11 Å². The van der Waals surface area contributed by atoms with Gasteiger partial charge in [0.1, 0.15) is 5.75 Å². The Balaban J connectivity index is 1.72. The van der Waals surface area contributed by atoms with Crippen molar-refractivity contribution in [3.63, 3.8) is 0 Å². The van der Waals surface area contributed by atoms with Crippen molar-refractivity contribution in [1.29, 1.82) is 0 Å². The molecule has 1 atom stereocenters. The predicted molar refractivity (Wildman–Crippen MR) is 95.8 cm³/mol. The summed E-state index contributed by atoms with van der Waals surface area (Å²) in [6, 6.07) is 16.6. The first-order valence-corrected chi connectivity index (χ1v) is 8.47. The van der Waals surface area contributed by atoms with E-state index >= 15 is 0 Å². The lowest BCUT2D eigenvalue weighted by molar-refractivity contribution is 0.159. The standard InChI is InChI=1S/C18H21BrN2O2/c1-23-18-4-2-3-14(9-18)10-20-13-21(11-17(20)12-22)16-7-5-15(19)6-8-16/h2-9,17,22H,10-13H2,1H3/t17-/m1/s1. The number of anilines is 1. The number of aliphatic hydroxyl groups excluding tert-OH is 1. The van der Waals surface area contributed by atoms with Gasteiger partial charge in [-0.3, -0.25) is 4.90 Å². The minimum absolute atomic E-state index is 0.143. The Morgan fingerprint density at radius 2 is 2.00 bits per heavy atom. The lowest BCUT2D eigenvalue weighted by Gasteiger charge is -2.22. The van der Waals surface area contributed by atoms with Gasteiger partial charge in [0.25, 0.3) is 0 Å². The Bertz CT molecular complexity index is 648. The first kappa shape index (κ1) is 16.3. The minimum atomic E-state index is 0.143. The molecule has 0 radical (unpaired) electrons. The van der Waals surface area contributed by atoms with Crippen LogP contribution in [-0.4, -0.2) is 43.0 Å². The number of rotatable bonds is 5. The number of hydrogen-bond acceptors (Lipinski definition) is 4. The van der Waals surface area contributed by atoms with Crippen LogP contribution in [0.25, 0.3) is 0 Å². The van der Waals surface area contributed by atoms with Crippen LogP contribution in [0.3, 0.4) is 0 Å². The fourth-order valence-corrected chi connectivity index (χ4v) is 3.22. The van der Waals surface area contributed by atoms with E-state index < -0.39 is 0 Å². The first-order chi connectivity index (χ1) is 11.2. The van der Waals surface area contributed by atoms with E-state index in [1.165, 1.54) is 11.3 Å². The van der Waals surface area contributed by atoms with Crippen LogP contribution < -0.4 is 9.64 Å². The maximum Gasteiger partial charge on any atom is 0.119 e. The molecule has 3 rings (SSSR count). The van der Waals surface area contributed by atoms with Gasteiger partial charge >= 0.3 is 0 Å². The second-order valence-corrected chi connectivity index (χ2v) is 6.69. The maximum absolute atomic E-state index is 9.72. The van der Waals surface area contributed by atoms with Crippen molar-refractivity contribution >= 4 is 21.6 Å². The van der Waals surface area contributed by atoms with E-state index in [0.29, 0.717) is 0 Å². The van der Waals surface area contributed by atoms with Gasteiger partial charge in [0.2, 0.25) is 0 Å². The molecular weight excluding hydrogens is 356 g/mol. The van der Waals surface area contributed by atoms with Crippen LogP contribution in [0.1, 0.15) is 5.56 Å². The molecule has 2 aromatic carbocycles. The highest BCUT2D eigenvalue weighted by molar-refractivity contribution is 9.10. The molecule has 0 aliphatic carbocycles. The molecule has 23 heavy (non-hydrogen) atoms. The summed E-state index contributed by atoms with van der Waals surface area (Å²) in [5.74, 6) is 0.868. The van der Waals surface area contributed by atoms with Crippen molar-refractivity contribution in [2.75, 3.05) is 31.8 Å². The third-order valence-electron chi connectivity index (χ3n) is 4.22. The van der Waals surface area contributed by atoms with Gasteiger partial charge in [-0.1, -0.05) is 28.1 Å². The molecule has 1 fully saturated rings. The molecule has 0 aromatic heterocycles. The van der Waals surface area contributed by atoms with Crippen LogP contribution in [0.5, 0.6) is 5.75 Å². The molecule has 0 saturated carbocycles. The summed E-state index contributed by atoms with van der Waals surface area (Å²) >= 11 is 3.47. The van der Waals surface area contributed by atoms with E-state index in [-0.39, 0.29) is 12.6 Å². The van der Waals surface area contributed by atoms with Crippen LogP contribution in [0.2, 0.25) is 0 Å². The normalized spacial score (nSPS) is 18.4. The topological polar surface area (TPSA) is 35.9 Å². The zero-order valence-corrected chi connectivity index (χ0v) is 14.7. The van der Waals surface area contributed by atoms with E-state index in [1.54, 1.807) is 7.11 Å². The minimum Gasteiger partial charge on any atom is -0.497 e. The van der Waals surface area contributed by atoms with Crippen molar-refractivity contribution in [3.8, 4) is 5.75 Å². The van der Waals surface area contributed by atoms with E-state index in [1.807, 2.05) is 24.3 Å². The Hall–Kier alpha value is -1.56. The van der Waals surface area contributed by atoms with Crippen molar-refractivity contribution in [2.45, 2.75) is 12.6 Å². The molecule has 2 aromatic rings. The van der Waals surface area contributed by atoms with Crippen molar-refractivity contribution in [1.82, 2.24) is 4.90 Å². The smallest absolute Gasteiger partial charge is 0.119 e. The van der Waals surface area contributed by atoms with Gasteiger partial charge in [-0.2, -0.15) is 0 Å². The average Bonchev–Trinajstić information content (AvgIpc) is 2.98. The van der Waals surface area contributed by atoms with Gasteiger partial charge in [-0.05, 0) is 42.0 Å². The third-order valence-corrected chi connectivity index (χ3v) is 4.75. The summed E-state index contributed by atoms with van der Waals surface area (Å²) in [6.45, 7) is 2.61. The van der Waals surface area contributed by atoms with Crippen molar-refractivity contribution in [2.24, 2.45) is 0 Å². The van der Waals surface area contributed by atoms with Crippen LogP contribution in [0, 0.1) is 0 Å². The maximum atomic E-state index is 9.72. The van der Waals surface area contributed by atoms with Gasteiger partial charge in [-0.15, -0.1) is 0 Å². The molecule has 0 unspecified atom stereocenters. The highest BCUT2D eigenvalue weighted by Gasteiger charge is 2.29. The average molecular weight is 377 g/mol. The predicted octanol–water partition coefficient (Wildman–Crippen LogP) is 3.10. The largest absolute Gasteiger partial charge is 0.497 e. The molecule has 0 bridgehead atoms. The molecule has 1 N–H and O–H groups in total. The Labute approximate surface area is 145 Å². The Kier molecular flexibility index (Phi) is 5.20. The van der Waals surface area contributed by atoms with Crippen molar-refractivity contribution in [3.05, 3.63) is 58.6 Å². The summed E-state index contributed by atoms with van der Waals surface area (Å²) in [6.07, 6.45) is 0. The summed E-state index contributed by atoms with van der Waals surface area (Å²) in [7, 11) is 1.68. The number of hydrogen-bond donors (Lipinski definition) is 1. The van der Waals surface area contributed by atoms with Crippen LogP contribution in [-0.2, 0) is 6.54 Å². The number of methoxy groups -OCH3 is 1. The fourth-order valence-electron chi connectivity index (χ4n) is 2.96. The zero-order valence-electron chi connectivity index (χ0n) is 13.2. The van der Waals surface area contributed by atoms with Gasteiger partial charge in [0.15, 0.2) is 0 Å². The quantitative estimate of drug-likeness (QED) is 0.869. The number of nitrogens with zero attached hydrogens (tertiary/aromatic N) is 2. The molecule has 1 aliphatic rings. The SMILES string of the molecule is COc1cccc(CN2CN(c3ccc(Br)cc3)C[C@@H]2CO)c1. The number of ether oxygens (including phenoxy) is 1. The number of aliphatic hydroxyl groups is 1. The van der Waals surface area contributed by atoms with Gasteiger partial charge in [0.05, 0.1) is 26.4 Å². The van der Waals surface area contributed by atoms with Crippen molar-refractivity contribution < 1.29 is 9.84 Å². The lowest BCUT2D eigenvalue weighted by Crippen LogP contribution is -2.33. The van der Waals surface area contributed by atoms with Crippen LogP contribution >= 0.6 is 15.9 Å². The molecule has 0 spiro atoms. The molecule has 1 heterocycles. The van der Waals surface area contributed by atoms with Gasteiger partial charge in [0, 0.05) is 23.2 Å². The van der Waals surface area contributed by atoms with E-state index in [0.717, 1.165) is 30.0 Å². The molecule has 122 valence electrons. The molecule has 1 saturated heterocycles. The molecule has 5 heteroatoms. The highest BCUT2D eigenvalue weighted by atomic mass is 79.9. The second-order valence-electron chi connectivity index (χ2n) is 5.78. The molecule has 4 nitrogen and oxygen atoms in total. The van der Waals surface area contributed by atoms with Gasteiger partial charge < -0.3 is 14.7 Å². The van der Waals surface area contributed by atoms with Crippen LogP contribution in [0.15, 0.2) is 53.0 Å². The monoisotopic (exact) mass is 376 g/mol. The van der Waals surface area contributed by atoms with E-state index in [2.05, 4.69) is 50.0 Å². The molecule has 0 amide bonds. The summed E-state index contributed by atoms with van der Waals surface area (Å²) in [5.41, 5.74) is 2.38. The summed E-state index contributed by atoms with van der Waals surface area (Å²) < 4.78 is 6.37. The lowest BCUT2D eigenvalue weighted by atomic mass is 10.2. The third kappa shape index (κ3) is 3.86. The molecular formula is C18H21BrN2O2.